The van der Waals surface area contributed by atoms with Crippen molar-refractivity contribution in [2.75, 3.05) is 0 Å². The van der Waals surface area contributed by atoms with Crippen LogP contribution in [-0.4, -0.2) is 5.91 Å². The van der Waals surface area contributed by atoms with Gasteiger partial charge in [-0.25, -0.2) is 0 Å². The molecule has 0 spiro atoms. The number of hydrogen-bond acceptors (Lipinski definition) is 2. The second kappa shape index (κ2) is 4.16. The number of rotatable bonds is 2. The van der Waals surface area contributed by atoms with Crippen LogP contribution in [0.5, 0.6) is 0 Å². The smallest absolute Gasteiger partial charge is 0.217 e. The molecule has 1 aromatic rings. The summed E-state index contributed by atoms with van der Waals surface area (Å²) in [4.78, 5) is 11.5. The first kappa shape index (κ1) is 9.13. The molecule has 1 aromatic carbocycles. The highest BCUT2D eigenvalue weighted by Gasteiger charge is 1.93. The van der Waals surface area contributed by atoms with Gasteiger partial charge < -0.3 is 5.32 Å². The molecular weight excluding hydrogens is 170 g/mol. The molecule has 0 heterocycles. The van der Waals surface area contributed by atoms with Gasteiger partial charge in [-0.3, -0.25) is 4.79 Å². The highest BCUT2D eigenvalue weighted by atomic mass is 32.1. The van der Waals surface area contributed by atoms with E-state index in [9.17, 15) is 4.79 Å². The van der Waals surface area contributed by atoms with Crippen molar-refractivity contribution in [1.82, 2.24) is 5.32 Å². The van der Waals surface area contributed by atoms with Crippen molar-refractivity contribution in [3.8, 4) is 0 Å². The lowest BCUT2D eigenvalue weighted by molar-refractivity contribution is -0.119. The van der Waals surface area contributed by atoms with Crippen LogP contribution < -0.4 is 5.32 Å². The lowest BCUT2D eigenvalue weighted by atomic mass is 10.2. The number of hydrogen-bond donors (Lipinski definition) is 2. The molecule has 0 saturated heterocycles. The summed E-state index contributed by atoms with van der Waals surface area (Å²) in [6, 6.07) is 7.70. The zero-order chi connectivity index (χ0) is 8.97. The van der Waals surface area contributed by atoms with Gasteiger partial charge in [0.25, 0.3) is 0 Å². The standard InChI is InChI=1S/C9H11NOS/c1-7(11)10-6-8-3-2-4-9(12)5-8/h2-5,12H,6H2,1H3,(H,10,11). The van der Waals surface area contributed by atoms with E-state index < -0.39 is 0 Å². The van der Waals surface area contributed by atoms with E-state index in [4.69, 9.17) is 0 Å². The van der Waals surface area contributed by atoms with E-state index >= 15 is 0 Å². The minimum Gasteiger partial charge on any atom is -0.352 e. The Morgan fingerprint density at radius 2 is 2.33 bits per heavy atom. The molecule has 2 nitrogen and oxygen atoms in total. The zero-order valence-electron chi connectivity index (χ0n) is 6.87. The molecule has 0 fully saturated rings. The summed E-state index contributed by atoms with van der Waals surface area (Å²) < 4.78 is 0. The van der Waals surface area contributed by atoms with E-state index in [1.165, 1.54) is 6.92 Å². The lowest BCUT2D eigenvalue weighted by Crippen LogP contribution is -2.18. The van der Waals surface area contributed by atoms with Crippen LogP contribution in [0.1, 0.15) is 12.5 Å². The van der Waals surface area contributed by atoms with E-state index in [2.05, 4.69) is 17.9 Å². The summed E-state index contributed by atoms with van der Waals surface area (Å²) in [5, 5.41) is 2.72. The van der Waals surface area contributed by atoms with Gasteiger partial charge >= 0.3 is 0 Å². The van der Waals surface area contributed by atoms with E-state index in [0.29, 0.717) is 6.54 Å². The topological polar surface area (TPSA) is 29.1 Å². The Labute approximate surface area is 77.4 Å². The van der Waals surface area contributed by atoms with E-state index in [0.717, 1.165) is 10.5 Å². The maximum Gasteiger partial charge on any atom is 0.217 e. The maximum absolute atomic E-state index is 10.6. The largest absolute Gasteiger partial charge is 0.352 e. The van der Waals surface area contributed by atoms with Crippen LogP contribution in [0.4, 0.5) is 0 Å². The maximum atomic E-state index is 10.6. The predicted octanol–water partition coefficient (Wildman–Crippen LogP) is 1.61. The van der Waals surface area contributed by atoms with Crippen LogP contribution in [0.25, 0.3) is 0 Å². The molecule has 0 aliphatic rings. The average Bonchev–Trinajstić information content (AvgIpc) is 2.01. The fourth-order valence-corrected chi connectivity index (χ4v) is 1.14. The van der Waals surface area contributed by atoms with Gasteiger partial charge in [-0.15, -0.1) is 12.6 Å². The minimum absolute atomic E-state index is 0.0143. The third-order valence-corrected chi connectivity index (χ3v) is 1.73. The zero-order valence-corrected chi connectivity index (χ0v) is 7.77. The Morgan fingerprint density at radius 3 is 2.92 bits per heavy atom. The van der Waals surface area contributed by atoms with Gasteiger partial charge in [-0.2, -0.15) is 0 Å². The quantitative estimate of drug-likeness (QED) is 0.667. The van der Waals surface area contributed by atoms with Crippen molar-refractivity contribution in [2.45, 2.75) is 18.4 Å². The van der Waals surface area contributed by atoms with Crippen LogP contribution in [0.3, 0.4) is 0 Å². The summed E-state index contributed by atoms with van der Waals surface area (Å²) in [6.45, 7) is 2.08. The van der Waals surface area contributed by atoms with Crippen molar-refractivity contribution in [2.24, 2.45) is 0 Å². The van der Waals surface area contributed by atoms with E-state index in [-0.39, 0.29) is 5.91 Å². The summed E-state index contributed by atoms with van der Waals surface area (Å²) in [7, 11) is 0. The SMILES string of the molecule is CC(=O)NCc1cccc(S)c1. The Hall–Kier alpha value is -0.960. The molecule has 3 heteroatoms. The Morgan fingerprint density at radius 1 is 1.58 bits per heavy atom. The second-order valence-electron chi connectivity index (χ2n) is 2.58. The molecule has 0 aliphatic heterocycles. The molecule has 0 atom stereocenters. The van der Waals surface area contributed by atoms with Gasteiger partial charge in [-0.1, -0.05) is 12.1 Å². The number of carbonyl (C=O) groups excluding carboxylic acids is 1. The third kappa shape index (κ3) is 2.96. The molecule has 1 N–H and O–H groups in total. The number of amides is 1. The molecule has 0 unspecified atom stereocenters. The molecule has 64 valence electrons. The predicted molar refractivity (Wildman–Crippen MR) is 51.2 cm³/mol. The number of carbonyl (C=O) groups is 1. The van der Waals surface area contributed by atoms with Gasteiger partial charge in [-0.05, 0) is 17.7 Å². The average molecular weight is 181 g/mol. The van der Waals surface area contributed by atoms with Crippen molar-refractivity contribution in [3.63, 3.8) is 0 Å². The number of benzene rings is 1. The minimum atomic E-state index is -0.0143. The van der Waals surface area contributed by atoms with Gasteiger partial charge in [0.05, 0.1) is 0 Å². The molecule has 0 aliphatic carbocycles. The highest BCUT2D eigenvalue weighted by Crippen LogP contribution is 2.08. The van der Waals surface area contributed by atoms with Crippen LogP contribution in [0.2, 0.25) is 0 Å². The first-order chi connectivity index (χ1) is 5.68. The van der Waals surface area contributed by atoms with Crippen LogP contribution >= 0.6 is 12.6 Å². The molecule has 0 saturated carbocycles. The molecular formula is C9H11NOS. The highest BCUT2D eigenvalue weighted by molar-refractivity contribution is 7.80. The summed E-state index contributed by atoms with van der Waals surface area (Å²) in [5.74, 6) is -0.0143. The summed E-state index contributed by atoms with van der Waals surface area (Å²) >= 11 is 4.19. The first-order valence-electron chi connectivity index (χ1n) is 3.71. The fraction of sp³-hybridized carbons (Fsp3) is 0.222. The van der Waals surface area contributed by atoms with Crippen LogP contribution in [0.15, 0.2) is 29.2 Å². The Kier molecular flexibility index (Phi) is 3.17. The van der Waals surface area contributed by atoms with E-state index in [1.54, 1.807) is 0 Å². The second-order valence-corrected chi connectivity index (χ2v) is 3.10. The lowest BCUT2D eigenvalue weighted by Gasteiger charge is -2.02. The summed E-state index contributed by atoms with van der Waals surface area (Å²) in [5.41, 5.74) is 1.07. The Bertz CT molecular complexity index is 286. The Balaban J connectivity index is 2.57. The monoisotopic (exact) mass is 181 g/mol. The van der Waals surface area contributed by atoms with Crippen molar-refractivity contribution in [1.29, 1.82) is 0 Å². The van der Waals surface area contributed by atoms with Crippen LogP contribution in [-0.2, 0) is 11.3 Å². The first-order valence-corrected chi connectivity index (χ1v) is 4.15. The molecule has 1 amide bonds. The summed E-state index contributed by atoms with van der Waals surface area (Å²) in [6.07, 6.45) is 0. The van der Waals surface area contributed by atoms with E-state index in [1.807, 2.05) is 24.3 Å². The fourth-order valence-electron chi connectivity index (χ4n) is 0.893. The van der Waals surface area contributed by atoms with Gasteiger partial charge in [0, 0.05) is 18.4 Å². The number of nitrogens with one attached hydrogen (secondary N) is 1. The van der Waals surface area contributed by atoms with Crippen LogP contribution in [0, 0.1) is 0 Å². The third-order valence-electron chi connectivity index (χ3n) is 1.45. The van der Waals surface area contributed by atoms with Gasteiger partial charge in [0.15, 0.2) is 0 Å². The normalized spacial score (nSPS) is 9.50. The van der Waals surface area contributed by atoms with Gasteiger partial charge in [0.2, 0.25) is 5.91 Å². The van der Waals surface area contributed by atoms with Crippen molar-refractivity contribution >= 4 is 18.5 Å². The molecule has 1 rings (SSSR count). The molecule has 0 aromatic heterocycles. The van der Waals surface area contributed by atoms with Gasteiger partial charge in [0.1, 0.15) is 0 Å². The van der Waals surface area contributed by atoms with Crippen molar-refractivity contribution in [3.05, 3.63) is 29.8 Å². The van der Waals surface area contributed by atoms with Crippen molar-refractivity contribution < 1.29 is 4.79 Å². The molecule has 0 bridgehead atoms. The number of thiol groups is 1. The molecule has 0 radical (unpaired) electrons. The molecule has 12 heavy (non-hydrogen) atoms.